The van der Waals surface area contributed by atoms with Crippen LogP contribution in [-0.4, -0.2) is 35.9 Å². The molecule has 106 valence electrons. The van der Waals surface area contributed by atoms with Crippen molar-refractivity contribution in [1.29, 1.82) is 0 Å². The lowest BCUT2D eigenvalue weighted by molar-refractivity contribution is -0.125. The Kier molecular flexibility index (Phi) is 4.87. The van der Waals surface area contributed by atoms with Gasteiger partial charge in [-0.15, -0.1) is 11.3 Å². The van der Waals surface area contributed by atoms with E-state index in [1.165, 1.54) is 0 Å². The molecule has 1 heterocycles. The summed E-state index contributed by atoms with van der Waals surface area (Å²) in [6.45, 7) is 2.57. The van der Waals surface area contributed by atoms with E-state index in [2.05, 4.69) is 27.8 Å². The topological polar surface area (TPSA) is 45.2 Å². The van der Waals surface area contributed by atoms with Crippen molar-refractivity contribution in [2.45, 2.75) is 19.5 Å². The molecule has 0 fully saturated rings. The van der Waals surface area contributed by atoms with E-state index in [9.17, 15) is 4.79 Å². The highest BCUT2D eigenvalue weighted by Gasteiger charge is 2.17. The molecule has 0 aliphatic heterocycles. The van der Waals surface area contributed by atoms with Gasteiger partial charge in [0.25, 0.3) is 0 Å². The van der Waals surface area contributed by atoms with E-state index < -0.39 is 0 Å². The third kappa shape index (κ3) is 3.43. The zero-order chi connectivity index (χ0) is 14.5. The van der Waals surface area contributed by atoms with Gasteiger partial charge in [-0.2, -0.15) is 0 Å². The Labute approximate surface area is 123 Å². The van der Waals surface area contributed by atoms with E-state index in [-0.39, 0.29) is 11.9 Å². The van der Waals surface area contributed by atoms with Gasteiger partial charge in [0.1, 0.15) is 5.01 Å². The zero-order valence-electron chi connectivity index (χ0n) is 12.0. The minimum absolute atomic E-state index is 0.0207. The van der Waals surface area contributed by atoms with Crippen LogP contribution in [0.4, 0.5) is 0 Å². The smallest absolute Gasteiger partial charge is 0.236 e. The van der Waals surface area contributed by atoms with Gasteiger partial charge < -0.3 is 5.32 Å². The largest absolute Gasteiger partial charge is 0.358 e. The van der Waals surface area contributed by atoms with E-state index in [1.54, 1.807) is 18.4 Å². The maximum Gasteiger partial charge on any atom is 0.236 e. The molecule has 0 spiro atoms. The standard InChI is InChI=1S/C15H19N3OS/c1-11(15(19)16-2)18(3)9-14-17-13(10-20-14)12-7-5-4-6-8-12/h4-8,10-11H,9H2,1-3H3,(H,16,19)/t11-/m1/s1. The molecule has 0 bridgehead atoms. The molecular weight excluding hydrogens is 270 g/mol. The number of thiazole rings is 1. The minimum atomic E-state index is -0.163. The third-order valence-corrected chi connectivity index (χ3v) is 4.13. The van der Waals surface area contributed by atoms with Gasteiger partial charge >= 0.3 is 0 Å². The molecule has 0 saturated heterocycles. The lowest BCUT2D eigenvalue weighted by Crippen LogP contribution is -2.41. The molecule has 2 rings (SSSR count). The summed E-state index contributed by atoms with van der Waals surface area (Å²) in [5.41, 5.74) is 2.11. The van der Waals surface area contributed by atoms with Crippen LogP contribution in [0, 0.1) is 0 Å². The van der Waals surface area contributed by atoms with Crippen molar-refractivity contribution in [3.8, 4) is 11.3 Å². The second-order valence-electron chi connectivity index (χ2n) is 4.70. The summed E-state index contributed by atoms with van der Waals surface area (Å²) in [5.74, 6) is 0.0207. The molecule has 1 aromatic heterocycles. The average Bonchev–Trinajstić information content (AvgIpc) is 2.95. The summed E-state index contributed by atoms with van der Waals surface area (Å²) in [6.07, 6.45) is 0. The monoisotopic (exact) mass is 289 g/mol. The van der Waals surface area contributed by atoms with Crippen molar-refractivity contribution in [3.05, 3.63) is 40.7 Å². The molecule has 1 aromatic carbocycles. The van der Waals surface area contributed by atoms with Crippen molar-refractivity contribution in [2.75, 3.05) is 14.1 Å². The normalized spacial score (nSPS) is 12.4. The maximum atomic E-state index is 11.6. The number of hydrogen-bond acceptors (Lipinski definition) is 4. The van der Waals surface area contributed by atoms with E-state index in [0.29, 0.717) is 6.54 Å². The van der Waals surface area contributed by atoms with Gasteiger partial charge in [0.2, 0.25) is 5.91 Å². The molecule has 0 unspecified atom stereocenters. The molecule has 20 heavy (non-hydrogen) atoms. The fourth-order valence-corrected chi connectivity index (χ4v) is 2.75. The minimum Gasteiger partial charge on any atom is -0.358 e. The van der Waals surface area contributed by atoms with Crippen LogP contribution in [0.2, 0.25) is 0 Å². The number of nitrogens with one attached hydrogen (secondary N) is 1. The van der Waals surface area contributed by atoms with Gasteiger partial charge in [-0.25, -0.2) is 4.98 Å². The van der Waals surface area contributed by atoms with Crippen LogP contribution in [0.5, 0.6) is 0 Å². The van der Waals surface area contributed by atoms with Crippen LogP contribution in [0.1, 0.15) is 11.9 Å². The number of nitrogens with zero attached hydrogens (tertiary/aromatic N) is 2. The van der Waals surface area contributed by atoms with Gasteiger partial charge in [-0.3, -0.25) is 9.69 Å². The predicted molar refractivity (Wildman–Crippen MR) is 82.5 cm³/mol. The van der Waals surface area contributed by atoms with Gasteiger partial charge in [0, 0.05) is 18.0 Å². The quantitative estimate of drug-likeness (QED) is 0.919. The van der Waals surface area contributed by atoms with E-state index >= 15 is 0 Å². The van der Waals surface area contributed by atoms with Crippen molar-refractivity contribution in [3.63, 3.8) is 0 Å². The summed E-state index contributed by atoms with van der Waals surface area (Å²) < 4.78 is 0. The lowest BCUT2D eigenvalue weighted by atomic mass is 10.2. The Morgan fingerprint density at radius 3 is 2.75 bits per heavy atom. The van der Waals surface area contributed by atoms with E-state index in [0.717, 1.165) is 16.3 Å². The summed E-state index contributed by atoms with van der Waals surface area (Å²) in [5, 5.41) is 5.74. The average molecular weight is 289 g/mol. The van der Waals surface area contributed by atoms with Crippen molar-refractivity contribution < 1.29 is 4.79 Å². The van der Waals surface area contributed by atoms with Crippen molar-refractivity contribution in [1.82, 2.24) is 15.2 Å². The Morgan fingerprint density at radius 2 is 2.10 bits per heavy atom. The fourth-order valence-electron chi connectivity index (χ4n) is 1.88. The lowest BCUT2D eigenvalue weighted by Gasteiger charge is -2.21. The number of likely N-dealkylation sites (N-methyl/N-ethyl adjacent to an activating group) is 2. The second kappa shape index (κ2) is 6.63. The molecule has 2 aromatic rings. The highest BCUT2D eigenvalue weighted by atomic mass is 32.1. The van der Waals surface area contributed by atoms with Crippen LogP contribution in [0.3, 0.4) is 0 Å². The number of carbonyl (C=O) groups excluding carboxylic acids is 1. The summed E-state index contributed by atoms with van der Waals surface area (Å²) in [4.78, 5) is 18.2. The fraction of sp³-hybridized carbons (Fsp3) is 0.333. The van der Waals surface area contributed by atoms with Crippen molar-refractivity contribution in [2.24, 2.45) is 0 Å². The summed E-state index contributed by atoms with van der Waals surface area (Å²) in [6, 6.07) is 9.95. The van der Waals surface area contributed by atoms with Gasteiger partial charge in [-0.05, 0) is 14.0 Å². The number of rotatable bonds is 5. The highest BCUT2D eigenvalue weighted by Crippen LogP contribution is 2.22. The maximum absolute atomic E-state index is 11.6. The van der Waals surface area contributed by atoms with Gasteiger partial charge in [0.15, 0.2) is 0 Å². The number of aromatic nitrogens is 1. The molecule has 0 saturated carbocycles. The molecule has 1 N–H and O–H groups in total. The molecule has 0 aliphatic rings. The number of benzene rings is 1. The zero-order valence-corrected chi connectivity index (χ0v) is 12.8. The Bertz CT molecular complexity index is 568. The highest BCUT2D eigenvalue weighted by molar-refractivity contribution is 7.09. The first-order valence-corrected chi connectivity index (χ1v) is 7.41. The van der Waals surface area contributed by atoms with Crippen LogP contribution in [0.25, 0.3) is 11.3 Å². The van der Waals surface area contributed by atoms with Crippen LogP contribution < -0.4 is 5.32 Å². The van der Waals surface area contributed by atoms with E-state index in [4.69, 9.17) is 0 Å². The molecular formula is C15H19N3OS. The van der Waals surface area contributed by atoms with Crippen LogP contribution >= 0.6 is 11.3 Å². The molecule has 1 amide bonds. The Morgan fingerprint density at radius 1 is 1.40 bits per heavy atom. The molecule has 0 aliphatic carbocycles. The van der Waals surface area contributed by atoms with Gasteiger partial charge in [0.05, 0.1) is 18.3 Å². The molecule has 0 radical (unpaired) electrons. The first-order chi connectivity index (χ1) is 9.61. The van der Waals surface area contributed by atoms with Crippen molar-refractivity contribution >= 4 is 17.2 Å². The summed E-state index contributed by atoms with van der Waals surface area (Å²) in [7, 11) is 3.59. The van der Waals surface area contributed by atoms with Crippen LogP contribution in [0.15, 0.2) is 35.7 Å². The molecule has 1 atom stereocenters. The molecule has 5 heteroatoms. The number of carbonyl (C=O) groups is 1. The first-order valence-electron chi connectivity index (χ1n) is 6.53. The Hall–Kier alpha value is -1.72. The third-order valence-electron chi connectivity index (χ3n) is 3.29. The second-order valence-corrected chi connectivity index (χ2v) is 5.64. The SMILES string of the molecule is CNC(=O)[C@@H](C)N(C)Cc1nc(-c2ccccc2)cs1. The van der Waals surface area contributed by atoms with E-state index in [1.807, 2.05) is 37.1 Å². The number of hydrogen-bond donors (Lipinski definition) is 1. The summed E-state index contributed by atoms with van der Waals surface area (Å²) >= 11 is 1.62. The van der Waals surface area contributed by atoms with Gasteiger partial charge in [-0.1, -0.05) is 30.3 Å². The van der Waals surface area contributed by atoms with Crippen LogP contribution in [-0.2, 0) is 11.3 Å². The molecule has 4 nitrogen and oxygen atoms in total. The Balaban J connectivity index is 2.05. The first kappa shape index (κ1) is 14.7. The predicted octanol–water partition coefficient (Wildman–Crippen LogP) is 2.38. The number of amides is 1.